The molecule has 4 aromatic rings. The van der Waals surface area contributed by atoms with Crippen LogP contribution in [0.4, 0.5) is 4.39 Å². The van der Waals surface area contributed by atoms with E-state index in [1.165, 1.54) is 18.2 Å². The fourth-order valence-electron chi connectivity index (χ4n) is 4.33. The van der Waals surface area contributed by atoms with Crippen molar-refractivity contribution >= 4 is 55.3 Å². The Morgan fingerprint density at radius 2 is 1.76 bits per heavy atom. The zero-order valence-corrected chi connectivity index (χ0v) is 22.3. The Bertz CT molecular complexity index is 1650. The van der Waals surface area contributed by atoms with Gasteiger partial charge in [0, 0.05) is 18.7 Å². The third kappa shape index (κ3) is 6.24. The van der Waals surface area contributed by atoms with Gasteiger partial charge >= 0.3 is 0 Å². The van der Waals surface area contributed by atoms with Gasteiger partial charge in [0.15, 0.2) is 15.6 Å². The van der Waals surface area contributed by atoms with Crippen LogP contribution in [0, 0.1) is 5.82 Å². The third-order valence-corrected chi connectivity index (χ3v) is 7.13. The van der Waals surface area contributed by atoms with Crippen LogP contribution >= 0.6 is 11.6 Å². The highest BCUT2D eigenvalue weighted by Crippen LogP contribution is 2.38. The molecule has 0 bridgehead atoms. The fourth-order valence-corrected chi connectivity index (χ4v) is 5.22. The van der Waals surface area contributed by atoms with Crippen LogP contribution in [0.25, 0.3) is 28.1 Å². The van der Waals surface area contributed by atoms with Crippen molar-refractivity contribution in [2.75, 3.05) is 12.0 Å². The van der Waals surface area contributed by atoms with Gasteiger partial charge in [-0.25, -0.2) is 12.8 Å². The Morgan fingerprint density at radius 3 is 2.41 bits per heavy atom. The fraction of sp³-hybridized carbons (Fsp3) is 0.172. The molecule has 8 heteroatoms. The molecule has 0 unspecified atom stereocenters. The largest absolute Gasteiger partial charge is 0.294 e. The van der Waals surface area contributed by atoms with Gasteiger partial charge in [-0.2, -0.15) is 5.10 Å². The molecular weight excluding hydrogens is 511 g/mol. The van der Waals surface area contributed by atoms with Crippen LogP contribution < -0.4 is 0 Å². The minimum Gasteiger partial charge on any atom is -0.294 e. The average molecular weight is 537 g/mol. The summed E-state index contributed by atoms with van der Waals surface area (Å²) in [5.74, 6) is -1.40. The van der Waals surface area contributed by atoms with E-state index < -0.39 is 27.2 Å². The highest BCUT2D eigenvalue weighted by molar-refractivity contribution is 7.91. The van der Waals surface area contributed by atoms with Crippen molar-refractivity contribution in [3.63, 3.8) is 0 Å². The molecule has 1 aromatic heterocycles. The highest BCUT2D eigenvalue weighted by Gasteiger charge is 2.17. The molecule has 0 N–H and O–H groups in total. The van der Waals surface area contributed by atoms with E-state index in [-0.39, 0.29) is 0 Å². The Hall–Kier alpha value is -3.55. The van der Waals surface area contributed by atoms with Crippen molar-refractivity contribution in [3.05, 3.63) is 106 Å². The summed E-state index contributed by atoms with van der Waals surface area (Å²) in [5.41, 5.74) is 6.29. The van der Waals surface area contributed by atoms with E-state index in [0.29, 0.717) is 11.4 Å². The number of carbonyl (C=O) groups excluding carboxylic acids is 1. The van der Waals surface area contributed by atoms with Crippen molar-refractivity contribution in [3.8, 4) is 0 Å². The molecule has 5 nitrogen and oxygen atoms in total. The van der Waals surface area contributed by atoms with E-state index in [9.17, 15) is 17.6 Å². The first-order chi connectivity index (χ1) is 17.6. The summed E-state index contributed by atoms with van der Waals surface area (Å²) in [7, 11) is -1.49. The van der Waals surface area contributed by atoms with Crippen LogP contribution in [0.1, 0.15) is 35.6 Å². The van der Waals surface area contributed by atoms with Gasteiger partial charge in [-0.15, -0.1) is 0 Å². The van der Waals surface area contributed by atoms with Crippen molar-refractivity contribution in [2.24, 2.45) is 7.05 Å². The van der Waals surface area contributed by atoms with E-state index in [4.69, 9.17) is 11.6 Å². The van der Waals surface area contributed by atoms with E-state index in [1.54, 1.807) is 12.1 Å². The number of hydrogen-bond acceptors (Lipinski definition) is 4. The first-order valence-electron chi connectivity index (χ1n) is 11.7. The zero-order chi connectivity index (χ0) is 26.7. The summed E-state index contributed by atoms with van der Waals surface area (Å²) >= 11 is 6.49. The maximum atomic E-state index is 13.8. The number of fused-ring (bicyclic) bond motifs is 1. The number of nitrogens with zero attached hydrogens (tertiary/aromatic N) is 2. The van der Waals surface area contributed by atoms with Crippen molar-refractivity contribution < 1.29 is 17.6 Å². The maximum absolute atomic E-state index is 13.8. The molecule has 0 saturated heterocycles. The highest BCUT2D eigenvalue weighted by atomic mass is 35.5. The zero-order valence-electron chi connectivity index (χ0n) is 20.7. The molecule has 0 aliphatic carbocycles. The van der Waals surface area contributed by atoms with Gasteiger partial charge in [-0.1, -0.05) is 61.0 Å². The quantitative estimate of drug-likeness (QED) is 0.194. The number of rotatable bonds is 8. The predicted octanol–water partition coefficient (Wildman–Crippen LogP) is 6.36. The first kappa shape index (κ1) is 26.5. The number of sulfone groups is 1. The number of ketones is 1. The molecule has 0 saturated carbocycles. The average Bonchev–Trinajstić information content (AvgIpc) is 3.21. The summed E-state index contributed by atoms with van der Waals surface area (Å²) in [4.78, 5) is 11.9. The van der Waals surface area contributed by atoms with Gasteiger partial charge < -0.3 is 0 Å². The van der Waals surface area contributed by atoms with Crippen LogP contribution in [0.2, 0.25) is 5.02 Å². The van der Waals surface area contributed by atoms with Crippen molar-refractivity contribution in [1.82, 2.24) is 9.78 Å². The monoisotopic (exact) mass is 536 g/mol. The van der Waals surface area contributed by atoms with Crippen LogP contribution in [-0.4, -0.2) is 36.0 Å². The Labute approximate surface area is 220 Å². The second kappa shape index (κ2) is 10.8. The van der Waals surface area contributed by atoms with Gasteiger partial charge in [0.1, 0.15) is 11.6 Å². The lowest BCUT2D eigenvalue weighted by Gasteiger charge is -2.18. The standard InChI is InChI=1S/C29H26ClFN2O3S/c1-4-25(26-13-11-23(31)16-27(26)30)29(21-10-14-28-22(15-21)17-32-33(28)2)20-8-5-19(6-9-20)7-12-24(34)18-37(3,35)36/h5-17H,4,18H2,1-3H3/b12-7+,29-25+. The van der Waals surface area contributed by atoms with Gasteiger partial charge in [-0.05, 0) is 70.2 Å². The molecule has 0 radical (unpaired) electrons. The summed E-state index contributed by atoms with van der Waals surface area (Å²) in [6, 6.07) is 18.1. The predicted molar refractivity (Wildman–Crippen MR) is 149 cm³/mol. The van der Waals surface area contributed by atoms with Crippen LogP contribution in [0.3, 0.4) is 0 Å². The van der Waals surface area contributed by atoms with Crippen LogP contribution in [0.5, 0.6) is 0 Å². The Morgan fingerprint density at radius 1 is 1.05 bits per heavy atom. The maximum Gasteiger partial charge on any atom is 0.170 e. The van der Waals surface area contributed by atoms with Crippen molar-refractivity contribution in [1.29, 1.82) is 0 Å². The Balaban J connectivity index is 1.83. The molecule has 0 amide bonds. The number of aromatic nitrogens is 2. The normalized spacial score (nSPS) is 12.8. The van der Waals surface area contributed by atoms with E-state index in [0.717, 1.165) is 50.6 Å². The molecule has 3 aromatic carbocycles. The minimum absolute atomic E-state index is 0.334. The molecule has 0 spiro atoms. The smallest absolute Gasteiger partial charge is 0.170 e. The Kier molecular flexibility index (Phi) is 7.76. The molecule has 0 fully saturated rings. The molecule has 0 aliphatic heterocycles. The van der Waals surface area contributed by atoms with Crippen LogP contribution in [-0.2, 0) is 21.7 Å². The lowest BCUT2D eigenvalue weighted by molar-refractivity contribution is -0.112. The van der Waals surface area contributed by atoms with E-state index in [1.807, 2.05) is 61.2 Å². The number of allylic oxidation sites excluding steroid dienone is 2. The summed E-state index contributed by atoms with van der Waals surface area (Å²) in [5, 5.41) is 5.67. The summed E-state index contributed by atoms with van der Waals surface area (Å²) in [6.07, 6.45) is 6.36. The molecular formula is C29H26ClFN2O3S. The van der Waals surface area contributed by atoms with Crippen LogP contribution in [0.15, 0.2) is 72.9 Å². The third-order valence-electron chi connectivity index (χ3n) is 6.01. The second-order valence-corrected chi connectivity index (χ2v) is 11.4. The number of carbonyl (C=O) groups is 1. The lowest BCUT2D eigenvalue weighted by Crippen LogP contribution is -2.11. The molecule has 190 valence electrons. The van der Waals surface area contributed by atoms with Gasteiger partial charge in [0.25, 0.3) is 0 Å². The molecule has 1 heterocycles. The molecule has 0 atom stereocenters. The summed E-state index contributed by atoms with van der Waals surface area (Å²) < 4.78 is 38.3. The van der Waals surface area contributed by atoms with E-state index in [2.05, 4.69) is 11.2 Å². The number of aryl methyl sites for hydroxylation is 1. The summed E-state index contributed by atoms with van der Waals surface area (Å²) in [6.45, 7) is 2.03. The van der Waals surface area contributed by atoms with Gasteiger partial charge in [0.05, 0.1) is 16.7 Å². The second-order valence-electron chi connectivity index (χ2n) is 8.86. The molecule has 37 heavy (non-hydrogen) atoms. The number of hydrogen-bond donors (Lipinski definition) is 0. The SMILES string of the molecule is CC/C(=C(/c1ccc(/C=C/C(=O)CS(C)(=O)=O)cc1)c1ccc2c(cnn2C)c1)c1ccc(F)cc1Cl. The lowest BCUT2D eigenvalue weighted by atomic mass is 9.87. The van der Waals surface area contributed by atoms with Gasteiger partial charge in [0.2, 0.25) is 0 Å². The first-order valence-corrected chi connectivity index (χ1v) is 14.1. The minimum atomic E-state index is -3.38. The van der Waals surface area contributed by atoms with E-state index >= 15 is 0 Å². The number of halogens is 2. The molecule has 0 aliphatic rings. The van der Waals surface area contributed by atoms with Gasteiger partial charge in [-0.3, -0.25) is 9.48 Å². The number of benzene rings is 3. The molecule has 4 rings (SSSR count). The topological polar surface area (TPSA) is 69.0 Å². The van der Waals surface area contributed by atoms with Crippen molar-refractivity contribution in [2.45, 2.75) is 13.3 Å².